The van der Waals surface area contributed by atoms with Crippen LogP contribution in [0.4, 0.5) is 4.79 Å². The van der Waals surface area contributed by atoms with Gasteiger partial charge in [0, 0.05) is 32.0 Å². The molecule has 0 spiro atoms. The number of carboxylic acids is 1. The Morgan fingerprint density at radius 3 is 2.17 bits per heavy atom. The van der Waals surface area contributed by atoms with Crippen molar-refractivity contribution < 1.29 is 24.2 Å². The van der Waals surface area contributed by atoms with Gasteiger partial charge < -0.3 is 20.1 Å². The zero-order valence-electron chi connectivity index (χ0n) is 20.4. The summed E-state index contributed by atoms with van der Waals surface area (Å²) in [5, 5.41) is 11.8. The Balaban J connectivity index is 1.21. The van der Waals surface area contributed by atoms with E-state index in [0.29, 0.717) is 32.0 Å². The molecular formula is C28H34N2O5. The number of aliphatic carboxylic acids is 1. The largest absolute Gasteiger partial charge is 0.481 e. The third-order valence-electron chi connectivity index (χ3n) is 7.38. The summed E-state index contributed by atoms with van der Waals surface area (Å²) >= 11 is 0. The summed E-state index contributed by atoms with van der Waals surface area (Å²) in [6.07, 6.45) is 1.45. The van der Waals surface area contributed by atoms with Crippen LogP contribution >= 0.6 is 0 Å². The van der Waals surface area contributed by atoms with Crippen molar-refractivity contribution in [1.29, 1.82) is 0 Å². The van der Waals surface area contributed by atoms with Crippen LogP contribution in [0.3, 0.4) is 0 Å². The smallest absolute Gasteiger partial charge is 0.407 e. The molecule has 0 saturated carbocycles. The van der Waals surface area contributed by atoms with Gasteiger partial charge in [-0.15, -0.1) is 0 Å². The van der Waals surface area contributed by atoms with Crippen LogP contribution in [0.5, 0.6) is 0 Å². The van der Waals surface area contributed by atoms with Gasteiger partial charge in [-0.3, -0.25) is 9.59 Å². The molecule has 186 valence electrons. The van der Waals surface area contributed by atoms with Gasteiger partial charge in [0.15, 0.2) is 0 Å². The Hall–Kier alpha value is -3.35. The minimum absolute atomic E-state index is 0.0117. The molecule has 1 unspecified atom stereocenters. The van der Waals surface area contributed by atoms with E-state index in [2.05, 4.69) is 43.4 Å². The number of likely N-dealkylation sites (tertiary alicyclic amines) is 1. The summed E-state index contributed by atoms with van der Waals surface area (Å²) in [7, 11) is 0. The van der Waals surface area contributed by atoms with E-state index < -0.39 is 18.0 Å². The molecule has 0 aromatic heterocycles. The molecule has 2 aromatic carbocycles. The van der Waals surface area contributed by atoms with Crippen molar-refractivity contribution >= 4 is 18.0 Å². The van der Waals surface area contributed by atoms with Crippen LogP contribution in [0.1, 0.15) is 50.2 Å². The van der Waals surface area contributed by atoms with Crippen LogP contribution in [-0.4, -0.2) is 54.2 Å². The van der Waals surface area contributed by atoms with Gasteiger partial charge in [0.2, 0.25) is 5.91 Å². The Morgan fingerprint density at radius 1 is 1.00 bits per heavy atom. The third-order valence-corrected chi connectivity index (χ3v) is 7.38. The summed E-state index contributed by atoms with van der Waals surface area (Å²) in [6, 6.07) is 16.5. The molecule has 2 aromatic rings. The van der Waals surface area contributed by atoms with E-state index in [9.17, 15) is 14.4 Å². The van der Waals surface area contributed by atoms with Crippen molar-refractivity contribution in [3.63, 3.8) is 0 Å². The number of benzene rings is 2. The van der Waals surface area contributed by atoms with Crippen molar-refractivity contribution in [2.24, 2.45) is 17.8 Å². The molecule has 1 fully saturated rings. The second-order valence-corrected chi connectivity index (χ2v) is 9.92. The molecule has 35 heavy (non-hydrogen) atoms. The number of fused-ring (bicyclic) bond motifs is 3. The Labute approximate surface area is 206 Å². The highest BCUT2D eigenvalue weighted by Crippen LogP contribution is 2.44. The van der Waals surface area contributed by atoms with Gasteiger partial charge in [0.05, 0.1) is 5.92 Å². The number of carbonyl (C=O) groups is 3. The maximum atomic E-state index is 12.4. The van der Waals surface area contributed by atoms with E-state index in [4.69, 9.17) is 9.84 Å². The van der Waals surface area contributed by atoms with Crippen LogP contribution in [0.25, 0.3) is 11.1 Å². The van der Waals surface area contributed by atoms with Crippen LogP contribution in [0.15, 0.2) is 48.5 Å². The normalized spacial score (nSPS) is 15.8. The van der Waals surface area contributed by atoms with E-state index in [1.165, 1.54) is 22.3 Å². The SMILES string of the molecule is CC(C)C(CCNC(=O)OCC1c2ccccc2-c2ccccc21)CCC(=O)N1CC(C(=O)O)C1. The number of nitrogens with one attached hydrogen (secondary N) is 1. The minimum Gasteiger partial charge on any atom is -0.481 e. The lowest BCUT2D eigenvalue weighted by Gasteiger charge is -2.37. The van der Waals surface area contributed by atoms with E-state index in [1.54, 1.807) is 4.90 Å². The molecular weight excluding hydrogens is 444 g/mol. The second-order valence-electron chi connectivity index (χ2n) is 9.92. The fraction of sp³-hybridized carbons (Fsp3) is 0.464. The number of ether oxygens (including phenoxy) is 1. The summed E-state index contributed by atoms with van der Waals surface area (Å²) < 4.78 is 5.60. The lowest BCUT2D eigenvalue weighted by atomic mass is 9.87. The van der Waals surface area contributed by atoms with Gasteiger partial charge in [-0.1, -0.05) is 62.4 Å². The maximum absolute atomic E-state index is 12.4. The topological polar surface area (TPSA) is 95.9 Å². The van der Waals surface area contributed by atoms with Gasteiger partial charge in [-0.05, 0) is 46.9 Å². The van der Waals surface area contributed by atoms with E-state index in [1.807, 2.05) is 24.3 Å². The number of hydrogen-bond acceptors (Lipinski definition) is 4. The molecule has 0 radical (unpaired) electrons. The second kappa shape index (κ2) is 10.9. The quantitative estimate of drug-likeness (QED) is 0.524. The van der Waals surface area contributed by atoms with Gasteiger partial charge in [-0.2, -0.15) is 0 Å². The van der Waals surface area contributed by atoms with Gasteiger partial charge >= 0.3 is 12.1 Å². The molecule has 1 aliphatic carbocycles. The zero-order valence-corrected chi connectivity index (χ0v) is 20.4. The third kappa shape index (κ3) is 5.66. The molecule has 4 rings (SSSR count). The Kier molecular flexibility index (Phi) is 7.73. The molecule has 2 N–H and O–H groups in total. The van der Waals surface area contributed by atoms with Crippen LogP contribution in [0, 0.1) is 17.8 Å². The highest BCUT2D eigenvalue weighted by Gasteiger charge is 2.35. The van der Waals surface area contributed by atoms with E-state index in [0.717, 1.165) is 12.8 Å². The average Bonchev–Trinajstić information content (AvgIpc) is 3.12. The molecule has 2 aliphatic rings. The van der Waals surface area contributed by atoms with Crippen molar-refractivity contribution in [3.8, 4) is 11.1 Å². The first-order chi connectivity index (χ1) is 16.8. The number of carboxylic acid groups (broad SMARTS) is 1. The van der Waals surface area contributed by atoms with Crippen LogP contribution < -0.4 is 5.32 Å². The van der Waals surface area contributed by atoms with Gasteiger partial charge in [-0.25, -0.2) is 4.79 Å². The van der Waals surface area contributed by atoms with E-state index in [-0.39, 0.29) is 24.3 Å². The monoisotopic (exact) mass is 478 g/mol. The molecule has 0 bridgehead atoms. The highest BCUT2D eigenvalue weighted by atomic mass is 16.5. The summed E-state index contributed by atoms with van der Waals surface area (Å²) in [4.78, 5) is 37.3. The number of amides is 2. The van der Waals surface area contributed by atoms with Gasteiger partial charge in [0.1, 0.15) is 6.61 Å². The Morgan fingerprint density at radius 2 is 1.60 bits per heavy atom. The zero-order chi connectivity index (χ0) is 24.9. The standard InChI is InChI=1S/C28H34N2O5/c1-18(2)19(11-12-26(31)30-15-20(16-30)27(32)33)13-14-29-28(34)35-17-25-23-9-5-3-7-21(23)22-8-4-6-10-24(22)25/h3-10,18-20,25H,11-17H2,1-2H3,(H,29,34)(H,32,33). The number of nitrogens with zero attached hydrogens (tertiary/aromatic N) is 1. The molecule has 1 saturated heterocycles. The maximum Gasteiger partial charge on any atom is 0.407 e. The first-order valence-electron chi connectivity index (χ1n) is 12.4. The number of rotatable bonds is 10. The summed E-state index contributed by atoms with van der Waals surface area (Å²) in [5.41, 5.74) is 4.76. The highest BCUT2D eigenvalue weighted by molar-refractivity contribution is 5.81. The first kappa shape index (κ1) is 24.8. The predicted molar refractivity (Wildman–Crippen MR) is 133 cm³/mol. The molecule has 1 atom stereocenters. The lowest BCUT2D eigenvalue weighted by molar-refractivity contribution is -0.152. The average molecular weight is 479 g/mol. The molecule has 1 aliphatic heterocycles. The lowest BCUT2D eigenvalue weighted by Crippen LogP contribution is -2.53. The molecule has 7 heteroatoms. The Bertz CT molecular complexity index is 1030. The fourth-order valence-electron chi connectivity index (χ4n) is 5.13. The molecule has 7 nitrogen and oxygen atoms in total. The number of alkyl carbamates (subject to hydrolysis) is 1. The van der Waals surface area contributed by atoms with Crippen molar-refractivity contribution in [1.82, 2.24) is 10.2 Å². The number of hydrogen-bond donors (Lipinski definition) is 2. The molecule has 2 amide bonds. The van der Waals surface area contributed by atoms with Crippen LogP contribution in [0.2, 0.25) is 0 Å². The predicted octanol–water partition coefficient (Wildman–Crippen LogP) is 4.51. The van der Waals surface area contributed by atoms with E-state index >= 15 is 0 Å². The fourth-order valence-corrected chi connectivity index (χ4v) is 5.13. The van der Waals surface area contributed by atoms with Crippen molar-refractivity contribution in [2.75, 3.05) is 26.2 Å². The number of carbonyl (C=O) groups excluding carboxylic acids is 2. The van der Waals surface area contributed by atoms with Crippen LogP contribution in [-0.2, 0) is 14.3 Å². The first-order valence-corrected chi connectivity index (χ1v) is 12.4. The van der Waals surface area contributed by atoms with Gasteiger partial charge in [0.25, 0.3) is 0 Å². The van der Waals surface area contributed by atoms with Crippen molar-refractivity contribution in [3.05, 3.63) is 59.7 Å². The summed E-state index contributed by atoms with van der Waals surface area (Å²) in [6.45, 7) is 5.63. The van der Waals surface area contributed by atoms with Crippen molar-refractivity contribution in [2.45, 2.75) is 39.0 Å². The summed E-state index contributed by atoms with van der Waals surface area (Å²) in [5.74, 6) is -0.572. The molecule has 1 heterocycles. The minimum atomic E-state index is -0.839.